The molecule has 0 aliphatic carbocycles. The number of hydrogen-bond donors (Lipinski definition) is 0. The van der Waals surface area contributed by atoms with E-state index < -0.39 is 23.9 Å². The summed E-state index contributed by atoms with van der Waals surface area (Å²) in [5.41, 5.74) is 0. The van der Waals surface area contributed by atoms with E-state index in [1.54, 1.807) is 0 Å². The van der Waals surface area contributed by atoms with Gasteiger partial charge in [-0.2, -0.15) is 0 Å². The molecule has 0 heterocycles. The van der Waals surface area contributed by atoms with Gasteiger partial charge in [-0.25, -0.2) is 0 Å². The van der Waals surface area contributed by atoms with Gasteiger partial charge in [0.15, 0.2) is 0 Å². The first-order chi connectivity index (χ1) is 6.93. The normalized spacial score (nSPS) is 5.88. The molecule has 9 heteroatoms. The molecule has 0 aromatic carbocycles. The van der Waals surface area contributed by atoms with Crippen LogP contribution in [-0.4, -0.2) is 23.9 Å². The fourth-order valence-corrected chi connectivity index (χ4v) is 0. The zero-order chi connectivity index (χ0) is 14.3. The standard InChI is InChI=1S/4C2H4O2.Ce/c4*1-2(3)4;/h4*1H3,(H,3,4);/q;;;;+4/p-4. The van der Waals surface area contributed by atoms with Gasteiger partial charge in [-0.15, -0.1) is 0 Å². The van der Waals surface area contributed by atoms with Crippen LogP contribution in [0.25, 0.3) is 0 Å². The molecular weight excluding hydrogens is 364 g/mol. The molecule has 0 aromatic heterocycles. The molecule has 0 spiro atoms. The summed E-state index contributed by atoms with van der Waals surface area (Å²) < 4.78 is 0. The minimum absolute atomic E-state index is 0. The maximum Gasteiger partial charge on any atom is 4.00 e. The van der Waals surface area contributed by atoms with Crippen LogP contribution < -0.4 is 20.4 Å². The summed E-state index contributed by atoms with van der Waals surface area (Å²) in [6, 6.07) is 0. The molecule has 0 aliphatic rings. The van der Waals surface area contributed by atoms with Gasteiger partial charge >= 0.3 is 41.7 Å². The summed E-state index contributed by atoms with van der Waals surface area (Å²) in [7, 11) is 0. The third kappa shape index (κ3) is 4850. The van der Waals surface area contributed by atoms with Crippen LogP contribution in [0.3, 0.4) is 0 Å². The summed E-state index contributed by atoms with van der Waals surface area (Å²) >= 11 is 0. The van der Waals surface area contributed by atoms with Crippen molar-refractivity contribution in [3.05, 3.63) is 0 Å². The Labute approximate surface area is 132 Å². The Balaban J connectivity index is -0.0000000369. The fraction of sp³-hybridized carbons (Fsp3) is 0.500. The topological polar surface area (TPSA) is 161 Å². The van der Waals surface area contributed by atoms with Crippen molar-refractivity contribution in [2.24, 2.45) is 0 Å². The van der Waals surface area contributed by atoms with Gasteiger partial charge in [-0.05, 0) is 27.7 Å². The minimum Gasteiger partial charge on any atom is -0.550 e. The number of hydrogen-bond acceptors (Lipinski definition) is 8. The van der Waals surface area contributed by atoms with Crippen molar-refractivity contribution < 1.29 is 81.4 Å². The maximum absolute atomic E-state index is 8.89. The molecule has 0 N–H and O–H groups in total. The van der Waals surface area contributed by atoms with E-state index in [1.165, 1.54) is 0 Å². The van der Waals surface area contributed by atoms with Crippen LogP contribution in [0.2, 0.25) is 0 Å². The van der Waals surface area contributed by atoms with E-state index in [-0.39, 0.29) is 41.7 Å². The number of aliphatic carboxylic acids is 4. The molecule has 8 nitrogen and oxygen atoms in total. The number of carboxylic acid groups (broad SMARTS) is 4. The second kappa shape index (κ2) is 24.5. The Morgan fingerprint density at radius 3 is 0.529 bits per heavy atom. The molecule has 0 radical (unpaired) electrons. The van der Waals surface area contributed by atoms with Crippen molar-refractivity contribution in [2.45, 2.75) is 27.7 Å². The maximum atomic E-state index is 8.89. The SMILES string of the molecule is CC(=O)[O-].CC(=O)[O-].CC(=O)[O-].CC(=O)[O-].[Ce+4]. The smallest absolute Gasteiger partial charge is 0.550 e. The first-order valence-electron chi connectivity index (χ1n) is 3.63. The molecule has 0 saturated heterocycles. The molecule has 96 valence electrons. The van der Waals surface area contributed by atoms with Crippen molar-refractivity contribution in [2.75, 3.05) is 0 Å². The average molecular weight is 376 g/mol. The van der Waals surface area contributed by atoms with Crippen LogP contribution in [-0.2, 0) is 19.2 Å². The van der Waals surface area contributed by atoms with Crippen LogP contribution >= 0.6 is 0 Å². The van der Waals surface area contributed by atoms with Gasteiger partial charge in [0.25, 0.3) is 0 Å². The van der Waals surface area contributed by atoms with Crippen molar-refractivity contribution in [1.82, 2.24) is 0 Å². The number of carboxylic acids is 4. The number of rotatable bonds is 0. The Kier molecular flexibility index (Phi) is 43.0. The first kappa shape index (κ1) is 29.9. The van der Waals surface area contributed by atoms with E-state index in [1.807, 2.05) is 0 Å². The molecule has 0 aromatic rings. The summed E-state index contributed by atoms with van der Waals surface area (Å²) in [5, 5.41) is 35.6. The van der Waals surface area contributed by atoms with Crippen LogP contribution in [0, 0.1) is 41.7 Å². The molecule has 0 unspecified atom stereocenters. The van der Waals surface area contributed by atoms with E-state index in [4.69, 9.17) is 39.6 Å². The molecule has 0 fully saturated rings. The monoisotopic (exact) mass is 376 g/mol. The van der Waals surface area contributed by atoms with Crippen LogP contribution in [0.1, 0.15) is 27.7 Å². The van der Waals surface area contributed by atoms with E-state index >= 15 is 0 Å². The largest absolute Gasteiger partial charge is 4.00 e. The summed E-state index contributed by atoms with van der Waals surface area (Å²) in [4.78, 5) is 35.6. The third-order valence-corrected chi connectivity index (χ3v) is 0. The molecule has 0 saturated carbocycles. The molecule has 17 heavy (non-hydrogen) atoms. The van der Waals surface area contributed by atoms with E-state index in [0.717, 1.165) is 27.7 Å². The minimum atomic E-state index is -1.08. The summed E-state index contributed by atoms with van der Waals surface area (Å²) in [5.74, 6) is -4.33. The Bertz CT molecular complexity index is 162. The van der Waals surface area contributed by atoms with Crippen molar-refractivity contribution in [1.29, 1.82) is 0 Å². The van der Waals surface area contributed by atoms with E-state index in [2.05, 4.69) is 0 Å². The molecule has 0 bridgehead atoms. The second-order valence-electron chi connectivity index (χ2n) is 1.97. The van der Waals surface area contributed by atoms with Gasteiger partial charge in [0.1, 0.15) is 0 Å². The molecular formula is C8H12CeO8. The van der Waals surface area contributed by atoms with Gasteiger partial charge in [0, 0.05) is 23.9 Å². The first-order valence-corrected chi connectivity index (χ1v) is 3.63. The van der Waals surface area contributed by atoms with Crippen molar-refractivity contribution in [3.63, 3.8) is 0 Å². The van der Waals surface area contributed by atoms with Gasteiger partial charge in [0.2, 0.25) is 0 Å². The van der Waals surface area contributed by atoms with Gasteiger partial charge in [-0.3, -0.25) is 0 Å². The third-order valence-electron chi connectivity index (χ3n) is 0. The zero-order valence-electron chi connectivity index (χ0n) is 9.77. The molecule has 0 atom stereocenters. The van der Waals surface area contributed by atoms with Gasteiger partial charge in [-0.1, -0.05) is 0 Å². The predicted octanol–water partition coefficient (Wildman–Crippen LogP) is -4.98. The summed E-state index contributed by atoms with van der Waals surface area (Å²) in [6.45, 7) is 3.89. The number of carbonyl (C=O) groups is 4. The Morgan fingerprint density at radius 1 is 0.529 bits per heavy atom. The van der Waals surface area contributed by atoms with Crippen molar-refractivity contribution in [3.8, 4) is 0 Å². The predicted molar refractivity (Wildman–Crippen MR) is 42.7 cm³/mol. The summed E-state index contributed by atoms with van der Waals surface area (Å²) in [6.07, 6.45) is 0. The molecule has 0 rings (SSSR count). The van der Waals surface area contributed by atoms with Gasteiger partial charge in [0.05, 0.1) is 0 Å². The number of carbonyl (C=O) groups excluding carboxylic acids is 4. The fourth-order valence-electron chi connectivity index (χ4n) is 0. The average Bonchev–Trinajstić information content (AvgIpc) is 1.76. The van der Waals surface area contributed by atoms with Crippen LogP contribution in [0.4, 0.5) is 0 Å². The molecule has 0 aliphatic heterocycles. The second-order valence-corrected chi connectivity index (χ2v) is 1.97. The zero-order valence-corrected chi connectivity index (χ0v) is 12.9. The Hall–Kier alpha value is -0.743. The van der Waals surface area contributed by atoms with E-state index in [0.29, 0.717) is 0 Å². The van der Waals surface area contributed by atoms with E-state index in [9.17, 15) is 0 Å². The molecule has 0 amide bonds. The van der Waals surface area contributed by atoms with Crippen LogP contribution in [0.15, 0.2) is 0 Å². The van der Waals surface area contributed by atoms with Crippen LogP contribution in [0.5, 0.6) is 0 Å². The Morgan fingerprint density at radius 2 is 0.529 bits per heavy atom. The van der Waals surface area contributed by atoms with Gasteiger partial charge < -0.3 is 39.6 Å². The van der Waals surface area contributed by atoms with Crippen molar-refractivity contribution >= 4 is 23.9 Å². The quantitative estimate of drug-likeness (QED) is 0.406.